The highest BCUT2D eigenvalue weighted by Gasteiger charge is 2.43. The van der Waals surface area contributed by atoms with E-state index in [0.29, 0.717) is 19.4 Å². The van der Waals surface area contributed by atoms with Gasteiger partial charge < -0.3 is 45.1 Å². The van der Waals surface area contributed by atoms with E-state index in [0.717, 1.165) is 12.8 Å². The lowest BCUT2D eigenvalue weighted by atomic mass is 9.89. The molecule has 0 spiro atoms. The summed E-state index contributed by atoms with van der Waals surface area (Å²) in [4.78, 5) is 70.2. The summed E-state index contributed by atoms with van der Waals surface area (Å²) in [7, 11) is 7.96. The van der Waals surface area contributed by atoms with Gasteiger partial charge in [-0.05, 0) is 43.6 Å². The molecule has 14 heteroatoms. The van der Waals surface area contributed by atoms with E-state index in [2.05, 4.69) is 16.0 Å². The van der Waals surface area contributed by atoms with Gasteiger partial charge in [-0.1, -0.05) is 75.2 Å². The van der Waals surface area contributed by atoms with E-state index in [-0.39, 0.29) is 66.2 Å². The van der Waals surface area contributed by atoms with Crippen LogP contribution in [0.4, 0.5) is 0 Å². The van der Waals surface area contributed by atoms with Crippen LogP contribution in [0.2, 0.25) is 0 Å². The predicted octanol–water partition coefficient (Wildman–Crippen LogP) is 3.31. The lowest BCUT2D eigenvalue weighted by molar-refractivity contribution is -0.148. The molecule has 11 atom stereocenters. The molecule has 0 bridgehead atoms. The average molecular weight is 756 g/mol. The first-order valence-electron chi connectivity index (χ1n) is 19.5. The van der Waals surface area contributed by atoms with Gasteiger partial charge in [0.05, 0.1) is 61.2 Å². The number of methoxy groups -OCH3 is 3. The number of aliphatic carboxylic acids is 1. The van der Waals surface area contributed by atoms with E-state index in [4.69, 9.17) is 14.2 Å². The van der Waals surface area contributed by atoms with Crippen molar-refractivity contribution in [3.63, 3.8) is 0 Å². The predicted molar refractivity (Wildman–Crippen MR) is 205 cm³/mol. The fourth-order valence-corrected chi connectivity index (χ4v) is 7.73. The molecule has 1 aliphatic rings. The van der Waals surface area contributed by atoms with Gasteiger partial charge in [-0.3, -0.25) is 24.0 Å². The number of hydrogen-bond donors (Lipinski definition) is 4. The molecule has 0 aromatic rings. The minimum Gasteiger partial charge on any atom is -0.481 e. The van der Waals surface area contributed by atoms with Gasteiger partial charge in [0.1, 0.15) is 6.04 Å². The largest absolute Gasteiger partial charge is 0.481 e. The molecule has 0 unspecified atom stereocenters. The normalized spacial score (nSPS) is 20.5. The molecule has 14 nitrogen and oxygen atoms in total. The molecule has 0 saturated carbocycles. The molecule has 4 amide bonds. The van der Waals surface area contributed by atoms with E-state index in [1.165, 1.54) is 14.2 Å². The summed E-state index contributed by atoms with van der Waals surface area (Å²) in [6, 6.07) is -2.61. The third-order valence-electron chi connectivity index (χ3n) is 11.4. The highest BCUT2D eigenvalue weighted by molar-refractivity contribution is 5.90. The van der Waals surface area contributed by atoms with Gasteiger partial charge in [0, 0.05) is 34.9 Å². The van der Waals surface area contributed by atoms with Crippen molar-refractivity contribution >= 4 is 29.6 Å². The molecule has 1 heterocycles. The van der Waals surface area contributed by atoms with Crippen LogP contribution in [0.25, 0.3) is 0 Å². The van der Waals surface area contributed by atoms with Crippen molar-refractivity contribution in [1.29, 1.82) is 0 Å². The SMILES string of the molecule is CC[C@H](C)[C@H](NC(=O)[C@H](C)[C@@H](OC)[C@@H]1CCCN1C(=O)C[C@@H](OC)[C@H]([C@@H](C)CC)N(C)C(=O)[C@@H](NC(=O)[C@@H](NC)C(C)C)C(C)C)[C@@H](CC(=O)O)OC. The van der Waals surface area contributed by atoms with Crippen molar-refractivity contribution in [3.8, 4) is 0 Å². The number of rotatable bonds is 24. The molecular formula is C39H73N5O9. The number of nitrogens with zero attached hydrogens (tertiary/aromatic N) is 2. The summed E-state index contributed by atoms with van der Waals surface area (Å²) in [5.41, 5.74) is 0. The maximum absolute atomic E-state index is 14.2. The molecule has 1 fully saturated rings. The van der Waals surface area contributed by atoms with Crippen molar-refractivity contribution in [2.24, 2.45) is 29.6 Å². The summed E-state index contributed by atoms with van der Waals surface area (Å²) in [5, 5.41) is 18.5. The molecular weight excluding hydrogens is 682 g/mol. The van der Waals surface area contributed by atoms with Crippen molar-refractivity contribution < 1.29 is 43.3 Å². The van der Waals surface area contributed by atoms with Crippen molar-refractivity contribution in [2.75, 3.05) is 42.0 Å². The van der Waals surface area contributed by atoms with Crippen LogP contribution >= 0.6 is 0 Å². The monoisotopic (exact) mass is 756 g/mol. The maximum atomic E-state index is 14.2. The first kappa shape index (κ1) is 48.2. The minimum atomic E-state index is -1.02. The van der Waals surface area contributed by atoms with Gasteiger partial charge in [-0.25, -0.2) is 0 Å². The highest BCUT2D eigenvalue weighted by atomic mass is 16.5. The average Bonchev–Trinajstić information content (AvgIpc) is 3.60. The summed E-state index contributed by atoms with van der Waals surface area (Å²) in [6.45, 7) is 17.9. The molecule has 0 radical (unpaired) electrons. The van der Waals surface area contributed by atoms with Crippen LogP contribution in [0, 0.1) is 29.6 Å². The molecule has 1 rings (SSSR count). The molecule has 1 saturated heterocycles. The number of carbonyl (C=O) groups excluding carboxylic acids is 4. The number of likely N-dealkylation sites (N-methyl/N-ethyl adjacent to an activating group) is 2. The minimum absolute atomic E-state index is 0.00527. The van der Waals surface area contributed by atoms with Gasteiger partial charge in [0.2, 0.25) is 23.6 Å². The Hall–Kier alpha value is -2.81. The second kappa shape index (κ2) is 23.2. The summed E-state index contributed by atoms with van der Waals surface area (Å²) in [5.74, 6) is -2.89. The zero-order valence-corrected chi connectivity index (χ0v) is 35.1. The number of likely N-dealkylation sites (tertiary alicyclic amines) is 1. The summed E-state index contributed by atoms with van der Waals surface area (Å²) < 4.78 is 17.5. The highest BCUT2D eigenvalue weighted by Crippen LogP contribution is 2.30. The fraction of sp³-hybridized carbons (Fsp3) is 0.872. The van der Waals surface area contributed by atoms with E-state index in [1.54, 1.807) is 37.9 Å². The molecule has 308 valence electrons. The van der Waals surface area contributed by atoms with Gasteiger partial charge in [-0.2, -0.15) is 0 Å². The van der Waals surface area contributed by atoms with Gasteiger partial charge in [0.25, 0.3) is 0 Å². The lowest BCUT2D eigenvalue weighted by Gasteiger charge is -2.41. The number of hydrogen-bond acceptors (Lipinski definition) is 9. The van der Waals surface area contributed by atoms with E-state index < -0.39 is 54.4 Å². The topological polar surface area (TPSA) is 176 Å². The third-order valence-corrected chi connectivity index (χ3v) is 11.4. The smallest absolute Gasteiger partial charge is 0.306 e. The standard InChI is InChI=1S/C39H73N5O9/c1-15-24(7)34(28(51-12)21-31(46)47)42-37(48)26(9)36(53-14)27-18-17-19-44(27)30(45)20-29(52-13)35(25(8)16-2)43(11)39(50)33(23(5)6)41-38(49)32(40-10)22(3)4/h22-29,32-36,40H,15-21H2,1-14H3,(H,41,49)(H,42,48)(H,46,47)/t24-,25-,26+,27-,28+,29+,32-,33-,34-,35-,36+/m0/s1. The van der Waals surface area contributed by atoms with Crippen LogP contribution in [-0.2, 0) is 38.2 Å². The van der Waals surface area contributed by atoms with Crippen LogP contribution in [0.3, 0.4) is 0 Å². The first-order valence-corrected chi connectivity index (χ1v) is 19.5. The van der Waals surface area contributed by atoms with Crippen LogP contribution in [0.5, 0.6) is 0 Å². The van der Waals surface area contributed by atoms with E-state index in [1.807, 2.05) is 55.4 Å². The summed E-state index contributed by atoms with van der Waals surface area (Å²) >= 11 is 0. The first-order chi connectivity index (χ1) is 24.9. The van der Waals surface area contributed by atoms with Crippen LogP contribution in [0.1, 0.15) is 101 Å². The molecule has 0 aromatic carbocycles. The fourth-order valence-electron chi connectivity index (χ4n) is 7.73. The molecule has 4 N–H and O–H groups in total. The molecule has 1 aliphatic heterocycles. The number of ether oxygens (including phenoxy) is 3. The lowest BCUT2D eigenvalue weighted by Crippen LogP contribution is -2.59. The van der Waals surface area contributed by atoms with Crippen molar-refractivity contribution in [1.82, 2.24) is 25.8 Å². The quantitative estimate of drug-likeness (QED) is 0.114. The van der Waals surface area contributed by atoms with Crippen molar-refractivity contribution in [2.45, 2.75) is 149 Å². The van der Waals surface area contributed by atoms with E-state index >= 15 is 0 Å². The number of nitrogens with one attached hydrogen (secondary N) is 3. The summed E-state index contributed by atoms with van der Waals surface area (Å²) in [6.07, 6.45) is 0.575. The number of carboxylic acid groups (broad SMARTS) is 1. The molecule has 53 heavy (non-hydrogen) atoms. The Bertz CT molecular complexity index is 1170. The Kier molecular flexibility index (Phi) is 21.1. The zero-order chi connectivity index (χ0) is 40.7. The van der Waals surface area contributed by atoms with Crippen LogP contribution in [0.15, 0.2) is 0 Å². The van der Waals surface area contributed by atoms with Gasteiger partial charge in [-0.15, -0.1) is 0 Å². The van der Waals surface area contributed by atoms with Gasteiger partial charge >= 0.3 is 5.97 Å². The van der Waals surface area contributed by atoms with Crippen molar-refractivity contribution in [3.05, 3.63) is 0 Å². The van der Waals surface area contributed by atoms with Gasteiger partial charge in [0.15, 0.2) is 0 Å². The Morgan fingerprint density at radius 3 is 1.81 bits per heavy atom. The zero-order valence-electron chi connectivity index (χ0n) is 35.1. The third kappa shape index (κ3) is 13.2. The Labute approximate surface area is 319 Å². The Morgan fingerprint density at radius 1 is 0.792 bits per heavy atom. The second-order valence-electron chi connectivity index (χ2n) is 15.6. The molecule has 0 aliphatic carbocycles. The number of carboxylic acids is 1. The molecule has 0 aromatic heterocycles. The Morgan fingerprint density at radius 2 is 1.36 bits per heavy atom. The number of amides is 4. The Balaban J connectivity index is 3.31. The number of carbonyl (C=O) groups is 5. The van der Waals surface area contributed by atoms with E-state index in [9.17, 15) is 29.1 Å². The maximum Gasteiger partial charge on any atom is 0.306 e. The second-order valence-corrected chi connectivity index (χ2v) is 15.6. The van der Waals surface area contributed by atoms with Crippen LogP contribution < -0.4 is 16.0 Å². The van der Waals surface area contributed by atoms with Crippen LogP contribution in [-0.4, -0.2) is 135 Å².